The SMILES string of the molecule is CC[P+](O)(O)OC(c1ccc(C(C)(C)C)cc1C(C)(C)C)c1ccc(C(C)(C)C)cc1C(C)(C)C. The first-order valence-corrected chi connectivity index (χ1v) is 14.7. The van der Waals surface area contributed by atoms with Crippen LogP contribution in [0.25, 0.3) is 0 Å². The highest BCUT2D eigenvalue weighted by Gasteiger charge is 2.41. The molecule has 2 aromatic carbocycles. The summed E-state index contributed by atoms with van der Waals surface area (Å²) in [4.78, 5) is 21.6. The Kier molecular flexibility index (Phi) is 8.48. The maximum Gasteiger partial charge on any atom is 0.406 e. The third kappa shape index (κ3) is 7.39. The first kappa shape index (κ1) is 30.0. The summed E-state index contributed by atoms with van der Waals surface area (Å²) in [6, 6.07) is 13.2. The van der Waals surface area contributed by atoms with Crippen molar-refractivity contribution < 1.29 is 14.3 Å². The van der Waals surface area contributed by atoms with Gasteiger partial charge >= 0.3 is 7.94 Å². The second kappa shape index (κ2) is 9.90. The van der Waals surface area contributed by atoms with Gasteiger partial charge in [-0.2, -0.15) is 14.3 Å². The van der Waals surface area contributed by atoms with Gasteiger partial charge in [0, 0.05) is 0 Å². The lowest BCUT2D eigenvalue weighted by Gasteiger charge is -2.33. The summed E-state index contributed by atoms with van der Waals surface area (Å²) in [5.74, 6) is 0. The first-order valence-electron chi connectivity index (χ1n) is 12.9. The third-order valence-electron chi connectivity index (χ3n) is 6.71. The summed E-state index contributed by atoms with van der Waals surface area (Å²) < 4.78 is 6.30. The molecule has 0 saturated heterocycles. The molecule has 0 aromatic heterocycles. The van der Waals surface area contributed by atoms with Gasteiger partial charge in [-0.05, 0) is 62.0 Å². The molecule has 0 amide bonds. The minimum absolute atomic E-state index is 0.00788. The molecule has 2 N–H and O–H groups in total. The average molecular weight is 502 g/mol. The molecule has 0 bridgehead atoms. The largest absolute Gasteiger partial charge is 0.406 e. The standard InChI is InChI=1S/C31H50O3P/c1-14-35(32,33)34-27(23-17-15-21(28(2,3)4)19-25(23)30(8,9)10)24-18-16-22(29(5,6)7)20-26(24)31(11,12)13/h15-20,27,32-33H,14H2,1-13H3/q+1. The normalized spacial score (nSPS) is 14.1. The zero-order chi connectivity index (χ0) is 27.2. The lowest BCUT2D eigenvalue weighted by Crippen LogP contribution is -2.24. The van der Waals surface area contributed by atoms with E-state index in [2.05, 4.69) is 119 Å². The van der Waals surface area contributed by atoms with Crippen LogP contribution in [0.5, 0.6) is 0 Å². The molecule has 0 spiro atoms. The van der Waals surface area contributed by atoms with Crippen LogP contribution >= 0.6 is 7.94 Å². The monoisotopic (exact) mass is 501 g/mol. The van der Waals surface area contributed by atoms with Gasteiger partial charge in [-0.3, -0.25) is 0 Å². The zero-order valence-corrected chi connectivity index (χ0v) is 25.4. The smallest absolute Gasteiger partial charge is 0.193 e. The van der Waals surface area contributed by atoms with Crippen molar-refractivity contribution in [3.8, 4) is 0 Å². The Morgan fingerprint density at radius 1 is 0.629 bits per heavy atom. The highest BCUT2D eigenvalue weighted by Crippen LogP contribution is 2.57. The molecule has 0 aliphatic rings. The fourth-order valence-electron chi connectivity index (χ4n) is 4.33. The van der Waals surface area contributed by atoms with Crippen molar-refractivity contribution in [2.24, 2.45) is 0 Å². The van der Waals surface area contributed by atoms with E-state index in [9.17, 15) is 9.79 Å². The van der Waals surface area contributed by atoms with Crippen molar-refractivity contribution >= 4 is 7.94 Å². The molecule has 2 aromatic rings. The molecular weight excluding hydrogens is 451 g/mol. The van der Waals surface area contributed by atoms with Crippen molar-refractivity contribution in [1.82, 2.24) is 0 Å². The molecule has 4 heteroatoms. The summed E-state index contributed by atoms with van der Waals surface area (Å²) in [5, 5.41) is 0. The summed E-state index contributed by atoms with van der Waals surface area (Å²) in [6.07, 6.45) is -0.399. The average Bonchev–Trinajstić information content (AvgIpc) is 2.68. The first-order chi connectivity index (χ1) is 15.6. The molecule has 3 nitrogen and oxygen atoms in total. The fraction of sp³-hybridized carbons (Fsp3) is 0.613. The van der Waals surface area contributed by atoms with Crippen molar-refractivity contribution in [3.05, 3.63) is 69.8 Å². The zero-order valence-electron chi connectivity index (χ0n) is 24.5. The van der Waals surface area contributed by atoms with Gasteiger partial charge in [-0.15, -0.1) is 0 Å². The quantitative estimate of drug-likeness (QED) is 0.403. The molecular formula is C31H50O3P+. The maximum absolute atomic E-state index is 10.8. The van der Waals surface area contributed by atoms with Gasteiger partial charge in [-0.25, -0.2) is 0 Å². The molecule has 0 heterocycles. The molecule has 196 valence electrons. The van der Waals surface area contributed by atoms with Gasteiger partial charge in [-0.1, -0.05) is 119 Å². The minimum Gasteiger partial charge on any atom is -0.193 e. The van der Waals surface area contributed by atoms with E-state index >= 15 is 0 Å². The fourth-order valence-corrected chi connectivity index (χ4v) is 5.04. The van der Waals surface area contributed by atoms with E-state index in [-0.39, 0.29) is 27.8 Å². The second-order valence-corrected chi connectivity index (χ2v) is 16.2. The molecule has 0 radical (unpaired) electrons. The minimum atomic E-state index is -3.54. The van der Waals surface area contributed by atoms with E-state index in [1.54, 1.807) is 6.92 Å². The van der Waals surface area contributed by atoms with E-state index in [0.717, 1.165) is 11.1 Å². The van der Waals surface area contributed by atoms with Crippen LogP contribution in [0.4, 0.5) is 0 Å². The van der Waals surface area contributed by atoms with Crippen molar-refractivity contribution in [2.45, 2.75) is 118 Å². The molecule has 35 heavy (non-hydrogen) atoms. The Balaban J connectivity index is 2.94. The highest BCUT2D eigenvalue weighted by atomic mass is 31.2. The molecule has 0 aliphatic heterocycles. The summed E-state index contributed by atoms with van der Waals surface area (Å²) in [6.45, 7) is 28.4. The van der Waals surface area contributed by atoms with Gasteiger partial charge < -0.3 is 0 Å². The summed E-state index contributed by atoms with van der Waals surface area (Å²) in [7, 11) is -3.54. The molecule has 0 fully saturated rings. The molecule has 0 atom stereocenters. The van der Waals surface area contributed by atoms with Crippen molar-refractivity contribution in [1.29, 1.82) is 0 Å². The molecule has 0 unspecified atom stereocenters. The van der Waals surface area contributed by atoms with Crippen molar-refractivity contribution in [3.63, 3.8) is 0 Å². The van der Waals surface area contributed by atoms with E-state index in [1.807, 2.05) is 0 Å². The summed E-state index contributed by atoms with van der Waals surface area (Å²) in [5.41, 5.74) is 6.58. The molecule has 0 saturated carbocycles. The summed E-state index contributed by atoms with van der Waals surface area (Å²) >= 11 is 0. The highest BCUT2D eigenvalue weighted by molar-refractivity contribution is 7.59. The van der Waals surface area contributed by atoms with Gasteiger partial charge in [0.1, 0.15) is 6.16 Å². The Hall–Kier alpha value is -1.25. The third-order valence-corrected chi connectivity index (χ3v) is 8.08. The second-order valence-electron chi connectivity index (χ2n) is 14.1. The van der Waals surface area contributed by atoms with Gasteiger partial charge in [0.15, 0.2) is 6.10 Å². The van der Waals surface area contributed by atoms with E-state index in [0.29, 0.717) is 0 Å². The Morgan fingerprint density at radius 2 is 0.971 bits per heavy atom. The predicted molar refractivity (Wildman–Crippen MR) is 153 cm³/mol. The van der Waals surface area contributed by atoms with Gasteiger partial charge in [0.05, 0.1) is 0 Å². The van der Waals surface area contributed by atoms with E-state index < -0.39 is 14.0 Å². The lowest BCUT2D eigenvalue weighted by molar-refractivity contribution is 0.179. The van der Waals surface area contributed by atoms with Crippen LogP contribution in [0.15, 0.2) is 36.4 Å². The van der Waals surface area contributed by atoms with Crippen LogP contribution in [-0.2, 0) is 26.2 Å². The van der Waals surface area contributed by atoms with Crippen LogP contribution < -0.4 is 0 Å². The van der Waals surface area contributed by atoms with Crippen molar-refractivity contribution in [2.75, 3.05) is 6.16 Å². The molecule has 2 rings (SSSR count). The van der Waals surface area contributed by atoms with Gasteiger partial charge in [0.25, 0.3) is 0 Å². The predicted octanol–water partition coefficient (Wildman–Crippen LogP) is 8.75. The Labute approximate surface area is 215 Å². The van der Waals surface area contributed by atoms with Crippen LogP contribution in [0.3, 0.4) is 0 Å². The number of rotatable bonds is 5. The van der Waals surface area contributed by atoms with Crippen LogP contribution in [-0.4, -0.2) is 15.9 Å². The van der Waals surface area contributed by atoms with Crippen LogP contribution in [0, 0.1) is 0 Å². The van der Waals surface area contributed by atoms with Gasteiger partial charge in [0.2, 0.25) is 0 Å². The lowest BCUT2D eigenvalue weighted by atomic mass is 9.74. The van der Waals surface area contributed by atoms with E-state index in [4.69, 9.17) is 4.52 Å². The van der Waals surface area contributed by atoms with Crippen LogP contribution in [0.1, 0.15) is 129 Å². The van der Waals surface area contributed by atoms with E-state index in [1.165, 1.54) is 22.3 Å². The Bertz CT molecular complexity index is 950. The Morgan fingerprint density at radius 3 is 1.23 bits per heavy atom. The topological polar surface area (TPSA) is 49.7 Å². The number of hydrogen-bond donors (Lipinski definition) is 2. The van der Waals surface area contributed by atoms with Crippen LogP contribution in [0.2, 0.25) is 0 Å². The maximum atomic E-state index is 10.8. The molecule has 0 aliphatic carbocycles. The number of benzene rings is 2. The number of hydrogen-bond acceptors (Lipinski definition) is 3.